The minimum atomic E-state index is -4.04. The Labute approximate surface area is 147 Å². The van der Waals surface area contributed by atoms with Crippen molar-refractivity contribution in [3.05, 3.63) is 40.9 Å². The number of nitrogens with one attached hydrogen (secondary N) is 2. The van der Waals surface area contributed by atoms with E-state index in [9.17, 15) is 13.2 Å². The quantitative estimate of drug-likeness (QED) is 0.329. The first kappa shape index (κ1) is 17.6. The first-order valence-electron chi connectivity index (χ1n) is 7.26. The Morgan fingerprint density at radius 2 is 2.00 bits per heavy atom. The van der Waals surface area contributed by atoms with Crippen LogP contribution in [0.25, 0.3) is 11.2 Å². The Kier molecular flexibility index (Phi) is 4.44. The lowest BCUT2D eigenvalue weighted by Gasteiger charge is -2.07. The van der Waals surface area contributed by atoms with Gasteiger partial charge in [0.2, 0.25) is 5.95 Å². The van der Waals surface area contributed by atoms with Crippen LogP contribution in [0.2, 0.25) is 0 Å². The molecule has 0 radical (unpaired) electrons. The summed E-state index contributed by atoms with van der Waals surface area (Å²) in [5.74, 6) is -0.0482. The predicted octanol–water partition coefficient (Wildman–Crippen LogP) is 0.379. The van der Waals surface area contributed by atoms with E-state index < -0.39 is 15.6 Å². The van der Waals surface area contributed by atoms with Crippen LogP contribution in [-0.4, -0.2) is 57.9 Å². The topological polar surface area (TPSA) is 146 Å². The zero-order valence-corrected chi connectivity index (χ0v) is 14.6. The number of fused-ring (bicyclic) bond motifs is 1. The molecule has 2 aromatic heterocycles. The maximum Gasteiger partial charge on any atom is 0.280 e. The van der Waals surface area contributed by atoms with Gasteiger partial charge >= 0.3 is 0 Å². The van der Waals surface area contributed by atoms with E-state index in [0.717, 1.165) is 10.3 Å². The van der Waals surface area contributed by atoms with Crippen LogP contribution in [0.1, 0.15) is 0 Å². The second-order valence-corrected chi connectivity index (χ2v) is 7.27. The molecule has 0 aliphatic rings. The van der Waals surface area contributed by atoms with Gasteiger partial charge in [0.15, 0.2) is 11.2 Å². The van der Waals surface area contributed by atoms with Crippen LogP contribution in [0.15, 0.2) is 45.3 Å². The second kappa shape index (κ2) is 6.57. The molecular formula is C14H15N7O4S. The molecule has 0 saturated carbocycles. The number of hydrogen-bond donors (Lipinski definition) is 3. The molecule has 136 valence electrons. The lowest BCUT2D eigenvalue weighted by Crippen LogP contribution is -2.15. The van der Waals surface area contributed by atoms with Crippen molar-refractivity contribution in [3.63, 3.8) is 0 Å². The van der Waals surface area contributed by atoms with Crippen LogP contribution in [0.3, 0.4) is 0 Å². The number of rotatable bonds is 5. The molecular weight excluding hydrogens is 362 g/mol. The Hall–Kier alpha value is -3.25. The third kappa shape index (κ3) is 3.14. The van der Waals surface area contributed by atoms with E-state index in [4.69, 9.17) is 5.21 Å². The number of imidazole rings is 1. The van der Waals surface area contributed by atoms with Gasteiger partial charge in [0.1, 0.15) is 6.33 Å². The summed E-state index contributed by atoms with van der Waals surface area (Å²) in [5.41, 5.74) is 1.39. The fourth-order valence-electron chi connectivity index (χ4n) is 2.10. The largest absolute Gasteiger partial charge is 0.369 e. The second-order valence-electron chi connectivity index (χ2n) is 5.45. The molecule has 1 aromatic carbocycles. The molecule has 0 atom stereocenters. The fraction of sp³-hybridized carbons (Fsp3) is 0.143. The lowest BCUT2D eigenvalue weighted by molar-refractivity contribution is 0.389. The van der Waals surface area contributed by atoms with E-state index in [1.807, 2.05) is 5.48 Å². The molecule has 3 aromatic rings. The zero-order chi connectivity index (χ0) is 18.9. The Balaban J connectivity index is 2.16. The van der Waals surface area contributed by atoms with Crippen LogP contribution in [-0.2, 0) is 10.0 Å². The van der Waals surface area contributed by atoms with Crippen LogP contribution < -0.4 is 11.0 Å². The van der Waals surface area contributed by atoms with Gasteiger partial charge in [0.05, 0.1) is 16.9 Å². The van der Waals surface area contributed by atoms with Crippen molar-refractivity contribution < 1.29 is 13.6 Å². The first-order valence-corrected chi connectivity index (χ1v) is 8.70. The molecule has 12 heteroatoms. The number of H-pyrrole nitrogens is 1. The fourth-order valence-corrected chi connectivity index (χ4v) is 3.33. The third-order valence-electron chi connectivity index (χ3n) is 3.32. The van der Waals surface area contributed by atoms with Gasteiger partial charge < -0.3 is 4.90 Å². The molecule has 0 amide bonds. The molecule has 26 heavy (non-hydrogen) atoms. The van der Waals surface area contributed by atoms with Gasteiger partial charge in [-0.3, -0.25) is 20.5 Å². The third-order valence-corrected chi connectivity index (χ3v) is 4.97. The minimum absolute atomic E-state index is 0.0482. The monoisotopic (exact) mass is 377 g/mol. The number of aromatic nitrogens is 4. The summed E-state index contributed by atoms with van der Waals surface area (Å²) in [6.45, 7) is 0. The molecule has 0 aliphatic heterocycles. The Morgan fingerprint density at radius 1 is 1.31 bits per heavy atom. The van der Waals surface area contributed by atoms with Gasteiger partial charge in [-0.1, -0.05) is 0 Å². The summed E-state index contributed by atoms with van der Waals surface area (Å²) in [6, 6.07) is 5.38. The number of hydrogen-bond acceptors (Lipinski definition) is 8. The summed E-state index contributed by atoms with van der Waals surface area (Å²) >= 11 is 0. The number of benzene rings is 1. The zero-order valence-electron chi connectivity index (χ0n) is 13.8. The average molecular weight is 377 g/mol. The van der Waals surface area contributed by atoms with Gasteiger partial charge in [-0.25, -0.2) is 22.4 Å². The SMILES string of the molecule is CN(C)/C=N/c1nc2c(ncn2S(=O)(=O)c2ccc(NO)cc2)c(=O)[nH]1. The number of nitrogens with zero attached hydrogens (tertiary/aromatic N) is 5. The predicted molar refractivity (Wildman–Crippen MR) is 94.4 cm³/mol. The van der Waals surface area contributed by atoms with Gasteiger partial charge in [-0.05, 0) is 24.3 Å². The molecule has 11 nitrogen and oxygen atoms in total. The van der Waals surface area contributed by atoms with E-state index in [-0.39, 0.29) is 22.0 Å². The van der Waals surface area contributed by atoms with Gasteiger partial charge in [0, 0.05) is 14.1 Å². The lowest BCUT2D eigenvalue weighted by atomic mass is 10.3. The van der Waals surface area contributed by atoms with Crippen molar-refractivity contribution in [1.82, 2.24) is 23.8 Å². The van der Waals surface area contributed by atoms with E-state index >= 15 is 0 Å². The molecule has 0 saturated heterocycles. The van der Waals surface area contributed by atoms with E-state index in [1.165, 1.54) is 30.6 Å². The molecule has 3 rings (SSSR count). The summed E-state index contributed by atoms with van der Waals surface area (Å²) in [5, 5.41) is 8.83. The van der Waals surface area contributed by atoms with Crippen molar-refractivity contribution in [2.45, 2.75) is 4.90 Å². The number of aromatic amines is 1. The highest BCUT2D eigenvalue weighted by Gasteiger charge is 2.22. The summed E-state index contributed by atoms with van der Waals surface area (Å²) in [4.78, 5) is 28.0. The summed E-state index contributed by atoms with van der Waals surface area (Å²) in [7, 11) is -0.573. The van der Waals surface area contributed by atoms with Crippen molar-refractivity contribution >= 4 is 39.2 Å². The molecule has 0 aliphatic carbocycles. The maximum absolute atomic E-state index is 12.8. The summed E-state index contributed by atoms with van der Waals surface area (Å²) in [6.07, 6.45) is 2.43. The van der Waals surface area contributed by atoms with Crippen molar-refractivity contribution in [2.24, 2.45) is 4.99 Å². The molecule has 3 N–H and O–H groups in total. The van der Waals surface area contributed by atoms with Crippen LogP contribution in [0, 0.1) is 0 Å². The highest BCUT2D eigenvalue weighted by atomic mass is 32.2. The van der Waals surface area contributed by atoms with Gasteiger partial charge in [-0.15, -0.1) is 0 Å². The standard InChI is InChI=1S/C14H15N7O4S/c1-20(2)7-16-14-17-12-11(13(22)18-14)15-8-21(12)26(24,25)10-5-3-9(19-23)4-6-10/h3-8,19,23H,1-2H3,(H,17,18,22)/b16-7+. The first-order chi connectivity index (χ1) is 12.3. The van der Waals surface area contributed by atoms with Crippen molar-refractivity contribution in [3.8, 4) is 0 Å². The van der Waals surface area contributed by atoms with Gasteiger partial charge in [0.25, 0.3) is 15.6 Å². The number of anilines is 1. The van der Waals surface area contributed by atoms with Crippen molar-refractivity contribution in [2.75, 3.05) is 19.6 Å². The molecule has 2 heterocycles. The van der Waals surface area contributed by atoms with E-state index in [1.54, 1.807) is 19.0 Å². The Bertz CT molecular complexity index is 1130. The number of aliphatic imine (C=N–C) groups is 1. The van der Waals surface area contributed by atoms with E-state index in [0.29, 0.717) is 5.69 Å². The van der Waals surface area contributed by atoms with Crippen LogP contribution in [0.4, 0.5) is 11.6 Å². The highest BCUT2D eigenvalue weighted by Crippen LogP contribution is 2.20. The Morgan fingerprint density at radius 3 is 2.62 bits per heavy atom. The smallest absolute Gasteiger partial charge is 0.280 e. The average Bonchev–Trinajstić information content (AvgIpc) is 3.05. The van der Waals surface area contributed by atoms with Crippen molar-refractivity contribution in [1.29, 1.82) is 0 Å². The molecule has 0 bridgehead atoms. The normalized spacial score (nSPS) is 12.0. The van der Waals surface area contributed by atoms with Crippen LogP contribution in [0.5, 0.6) is 0 Å². The summed E-state index contributed by atoms with van der Waals surface area (Å²) < 4.78 is 26.5. The van der Waals surface area contributed by atoms with Gasteiger partial charge in [-0.2, -0.15) is 4.98 Å². The molecule has 0 unspecified atom stereocenters. The highest BCUT2D eigenvalue weighted by molar-refractivity contribution is 7.90. The molecule has 0 fully saturated rings. The van der Waals surface area contributed by atoms with E-state index in [2.05, 4.69) is 19.9 Å². The minimum Gasteiger partial charge on any atom is -0.369 e. The maximum atomic E-state index is 12.8. The molecule has 0 spiro atoms. The van der Waals surface area contributed by atoms with Crippen LogP contribution >= 0.6 is 0 Å².